The number of nitrogens with one attached hydrogen (secondary N) is 1. The monoisotopic (exact) mass is 410 g/mol. The topological polar surface area (TPSA) is 88.1 Å². The molecule has 2 aliphatic rings. The van der Waals surface area contributed by atoms with Crippen LogP contribution in [0.5, 0.6) is 11.5 Å². The van der Waals surface area contributed by atoms with E-state index in [4.69, 9.17) is 9.47 Å². The van der Waals surface area contributed by atoms with E-state index in [9.17, 15) is 14.7 Å². The third kappa shape index (κ3) is 3.92. The Kier molecular flexibility index (Phi) is 5.53. The van der Waals surface area contributed by atoms with E-state index in [-0.39, 0.29) is 23.8 Å². The number of methoxy groups -OCH3 is 1. The molecule has 2 aromatic rings. The average molecular weight is 410 g/mol. The van der Waals surface area contributed by atoms with Crippen molar-refractivity contribution in [2.45, 2.75) is 31.8 Å². The first-order valence-corrected chi connectivity index (χ1v) is 10.1. The fourth-order valence-electron chi connectivity index (χ4n) is 4.43. The second-order valence-electron chi connectivity index (χ2n) is 7.97. The Labute approximate surface area is 175 Å². The third-order valence-electron chi connectivity index (χ3n) is 6.15. The SMILES string of the molecule is COc1ccc(C2CC(C)N(C(=O)O)CC2COc2ccc3c(c2)C(=O)NC3)cc1. The van der Waals surface area contributed by atoms with Gasteiger partial charge in [-0.2, -0.15) is 0 Å². The van der Waals surface area contributed by atoms with Crippen LogP contribution in [0.3, 0.4) is 0 Å². The fraction of sp³-hybridized carbons (Fsp3) is 0.391. The zero-order chi connectivity index (χ0) is 21.3. The number of carbonyl (C=O) groups excluding carboxylic acids is 1. The summed E-state index contributed by atoms with van der Waals surface area (Å²) in [5.74, 6) is 1.49. The van der Waals surface area contributed by atoms with Crippen LogP contribution >= 0.6 is 0 Å². The molecule has 2 aromatic carbocycles. The lowest BCUT2D eigenvalue weighted by atomic mass is 9.78. The molecule has 0 aliphatic carbocycles. The van der Waals surface area contributed by atoms with Crippen molar-refractivity contribution in [3.8, 4) is 11.5 Å². The predicted molar refractivity (Wildman–Crippen MR) is 111 cm³/mol. The van der Waals surface area contributed by atoms with E-state index < -0.39 is 6.09 Å². The van der Waals surface area contributed by atoms with E-state index in [1.807, 2.05) is 43.3 Å². The van der Waals surface area contributed by atoms with Crippen LogP contribution in [-0.4, -0.2) is 48.3 Å². The molecular formula is C23H26N2O5. The van der Waals surface area contributed by atoms with Gasteiger partial charge in [-0.3, -0.25) is 4.79 Å². The molecule has 30 heavy (non-hydrogen) atoms. The second kappa shape index (κ2) is 8.26. The molecule has 2 N–H and O–H groups in total. The van der Waals surface area contributed by atoms with Gasteiger partial charge in [0.25, 0.3) is 5.91 Å². The van der Waals surface area contributed by atoms with Crippen molar-refractivity contribution in [2.75, 3.05) is 20.3 Å². The average Bonchev–Trinajstić information content (AvgIpc) is 3.12. The van der Waals surface area contributed by atoms with Gasteiger partial charge in [0.15, 0.2) is 0 Å². The van der Waals surface area contributed by atoms with E-state index in [2.05, 4.69) is 5.32 Å². The highest BCUT2D eigenvalue weighted by atomic mass is 16.5. The molecule has 0 radical (unpaired) electrons. The highest BCUT2D eigenvalue weighted by Crippen LogP contribution is 2.37. The maximum Gasteiger partial charge on any atom is 0.407 e. The number of carbonyl (C=O) groups is 2. The molecule has 3 unspecified atom stereocenters. The van der Waals surface area contributed by atoms with Crippen molar-refractivity contribution in [1.29, 1.82) is 0 Å². The Balaban J connectivity index is 1.54. The van der Waals surface area contributed by atoms with Crippen molar-refractivity contribution in [2.24, 2.45) is 5.92 Å². The number of hydrogen-bond donors (Lipinski definition) is 2. The number of fused-ring (bicyclic) bond motifs is 1. The zero-order valence-corrected chi connectivity index (χ0v) is 17.1. The molecule has 0 bridgehead atoms. The molecule has 4 rings (SSSR count). The Morgan fingerprint density at radius 2 is 1.93 bits per heavy atom. The first kappa shape index (κ1) is 20.1. The standard InChI is InChI=1S/C23H26N2O5/c1-14-9-20(15-3-6-18(29-2)7-4-15)17(12-25(14)23(27)28)13-30-19-8-5-16-11-24-22(26)21(16)10-19/h3-8,10,14,17,20H,9,11-13H2,1-2H3,(H,24,26)(H,27,28). The number of carboxylic acid groups (broad SMARTS) is 1. The number of rotatable bonds is 5. The molecule has 2 heterocycles. The minimum absolute atomic E-state index is 0.00669. The summed E-state index contributed by atoms with van der Waals surface area (Å²) in [7, 11) is 1.63. The van der Waals surface area contributed by atoms with Gasteiger partial charge in [0.05, 0.1) is 13.7 Å². The van der Waals surface area contributed by atoms with Gasteiger partial charge >= 0.3 is 6.09 Å². The number of amides is 2. The van der Waals surface area contributed by atoms with Crippen molar-refractivity contribution in [3.05, 3.63) is 59.2 Å². The van der Waals surface area contributed by atoms with Gasteiger partial charge in [0.2, 0.25) is 0 Å². The zero-order valence-electron chi connectivity index (χ0n) is 17.1. The summed E-state index contributed by atoms with van der Waals surface area (Å²) in [5, 5.41) is 12.4. The number of likely N-dealkylation sites (tertiary alicyclic amines) is 1. The van der Waals surface area contributed by atoms with E-state index in [1.165, 1.54) is 4.90 Å². The molecular weight excluding hydrogens is 384 g/mol. The summed E-state index contributed by atoms with van der Waals surface area (Å²) < 4.78 is 11.3. The minimum Gasteiger partial charge on any atom is -0.497 e. The van der Waals surface area contributed by atoms with Crippen LogP contribution in [0.1, 0.15) is 40.7 Å². The number of nitrogens with zero attached hydrogens (tertiary/aromatic N) is 1. The molecule has 7 nitrogen and oxygen atoms in total. The largest absolute Gasteiger partial charge is 0.497 e. The van der Waals surface area contributed by atoms with Crippen LogP contribution in [0.15, 0.2) is 42.5 Å². The van der Waals surface area contributed by atoms with Gasteiger partial charge in [0, 0.05) is 30.6 Å². The van der Waals surface area contributed by atoms with Gasteiger partial charge in [-0.05, 0) is 54.7 Å². The summed E-state index contributed by atoms with van der Waals surface area (Å²) in [6, 6.07) is 13.4. The van der Waals surface area contributed by atoms with E-state index in [0.29, 0.717) is 31.0 Å². The number of ether oxygens (including phenoxy) is 2. The van der Waals surface area contributed by atoms with E-state index in [1.54, 1.807) is 13.2 Å². The lowest BCUT2D eigenvalue weighted by molar-refractivity contribution is 0.0660. The molecule has 1 fully saturated rings. The van der Waals surface area contributed by atoms with Gasteiger partial charge in [0.1, 0.15) is 11.5 Å². The Bertz CT molecular complexity index is 943. The Hall–Kier alpha value is -3.22. The smallest absolute Gasteiger partial charge is 0.407 e. The van der Waals surface area contributed by atoms with Crippen molar-refractivity contribution in [1.82, 2.24) is 10.2 Å². The molecule has 1 saturated heterocycles. The first-order valence-electron chi connectivity index (χ1n) is 10.1. The van der Waals surface area contributed by atoms with Gasteiger partial charge in [-0.15, -0.1) is 0 Å². The van der Waals surface area contributed by atoms with Crippen LogP contribution in [0.25, 0.3) is 0 Å². The first-order chi connectivity index (χ1) is 14.5. The van der Waals surface area contributed by atoms with E-state index in [0.717, 1.165) is 23.3 Å². The third-order valence-corrected chi connectivity index (χ3v) is 6.15. The summed E-state index contributed by atoms with van der Waals surface area (Å²) in [4.78, 5) is 25.1. The van der Waals surface area contributed by atoms with Crippen LogP contribution < -0.4 is 14.8 Å². The fourth-order valence-corrected chi connectivity index (χ4v) is 4.43. The predicted octanol–water partition coefficient (Wildman–Crippen LogP) is 3.49. The normalized spacial score (nSPS) is 22.9. The number of piperidine rings is 1. The van der Waals surface area contributed by atoms with Gasteiger partial charge in [-0.1, -0.05) is 18.2 Å². The Morgan fingerprint density at radius 3 is 2.63 bits per heavy atom. The van der Waals surface area contributed by atoms with Gasteiger partial charge in [-0.25, -0.2) is 4.79 Å². The minimum atomic E-state index is -0.908. The molecule has 2 aliphatic heterocycles. The van der Waals surface area contributed by atoms with Crippen LogP contribution in [0.4, 0.5) is 4.79 Å². The lowest BCUT2D eigenvalue weighted by Crippen LogP contribution is -2.49. The summed E-state index contributed by atoms with van der Waals surface area (Å²) in [5.41, 5.74) is 2.75. The quantitative estimate of drug-likeness (QED) is 0.788. The maximum absolute atomic E-state index is 11.9. The highest BCUT2D eigenvalue weighted by molar-refractivity contribution is 5.98. The Morgan fingerprint density at radius 1 is 1.20 bits per heavy atom. The van der Waals surface area contributed by atoms with Crippen molar-refractivity contribution in [3.63, 3.8) is 0 Å². The van der Waals surface area contributed by atoms with Crippen molar-refractivity contribution < 1.29 is 24.2 Å². The summed E-state index contributed by atoms with van der Waals surface area (Å²) in [6.07, 6.45) is -0.186. The molecule has 0 saturated carbocycles. The van der Waals surface area contributed by atoms with Crippen molar-refractivity contribution >= 4 is 12.0 Å². The molecule has 0 aromatic heterocycles. The number of benzene rings is 2. The summed E-state index contributed by atoms with van der Waals surface area (Å²) >= 11 is 0. The van der Waals surface area contributed by atoms with E-state index >= 15 is 0 Å². The molecule has 3 atom stereocenters. The molecule has 2 amide bonds. The van der Waals surface area contributed by atoms with Crippen LogP contribution in [0, 0.1) is 5.92 Å². The number of hydrogen-bond acceptors (Lipinski definition) is 4. The molecule has 158 valence electrons. The summed E-state index contributed by atoms with van der Waals surface area (Å²) in [6.45, 7) is 3.26. The maximum atomic E-state index is 11.9. The molecule has 7 heteroatoms. The second-order valence-corrected chi connectivity index (χ2v) is 7.97. The van der Waals surface area contributed by atoms with Crippen LogP contribution in [0.2, 0.25) is 0 Å². The highest BCUT2D eigenvalue weighted by Gasteiger charge is 2.37. The molecule has 0 spiro atoms. The lowest BCUT2D eigenvalue weighted by Gasteiger charge is -2.41. The van der Waals surface area contributed by atoms with Gasteiger partial charge < -0.3 is 24.8 Å². The van der Waals surface area contributed by atoms with Crippen LogP contribution in [-0.2, 0) is 6.54 Å².